The fraction of sp³-hybridized carbons (Fsp3) is 0.429. The van der Waals surface area contributed by atoms with Gasteiger partial charge in [-0.25, -0.2) is 0 Å². The molecule has 0 spiro atoms. The van der Waals surface area contributed by atoms with Gasteiger partial charge in [0.2, 0.25) is 12.7 Å². The van der Waals surface area contributed by atoms with Crippen molar-refractivity contribution in [2.75, 3.05) is 26.6 Å². The second kappa shape index (κ2) is 8.73. The van der Waals surface area contributed by atoms with E-state index in [1.807, 2.05) is 18.2 Å². The molecule has 0 bridgehead atoms. The van der Waals surface area contributed by atoms with Crippen molar-refractivity contribution in [3.63, 3.8) is 0 Å². The number of carbonyl (C=O) groups is 2. The number of Topliss-reactive ketones (excluding diaryl/α,β-unsaturated/α-hetero) is 1. The number of benzene rings is 1. The first kappa shape index (κ1) is 20.2. The van der Waals surface area contributed by atoms with Crippen LogP contribution in [-0.4, -0.2) is 38.2 Å². The number of amides is 1. The number of hydrogen-bond donors (Lipinski definition) is 1. The number of fused-ring (bicyclic) bond motifs is 1. The molecule has 2 aliphatic heterocycles. The summed E-state index contributed by atoms with van der Waals surface area (Å²) < 4.78 is 17.1. The highest BCUT2D eigenvalue weighted by Gasteiger charge is 2.36. The van der Waals surface area contributed by atoms with Crippen LogP contribution in [0.5, 0.6) is 11.5 Å². The average molecular weight is 436 g/mol. The predicted octanol–water partition coefficient (Wildman–Crippen LogP) is 3.96. The third-order valence-corrected chi connectivity index (χ3v) is 6.76. The monoisotopic (exact) mass is 435 g/mol. The molecule has 4 rings (SSSR count). The molecular weight excluding hydrogens is 414 g/mol. The fourth-order valence-corrected chi connectivity index (χ4v) is 4.74. The van der Waals surface area contributed by atoms with Crippen LogP contribution < -0.4 is 14.8 Å². The Labute approximate surface area is 178 Å². The summed E-state index contributed by atoms with van der Waals surface area (Å²) in [6, 6.07) is 9.35. The molecule has 6 nitrogen and oxygen atoms in total. The van der Waals surface area contributed by atoms with Gasteiger partial charge in [0.1, 0.15) is 0 Å². The summed E-state index contributed by atoms with van der Waals surface area (Å²) in [7, 11) is 0. The number of rotatable bonds is 7. The number of nitrogens with one attached hydrogen (secondary N) is 1. The second-order valence-electron chi connectivity index (χ2n) is 7.26. The quantitative estimate of drug-likeness (QED) is 0.666. The molecule has 0 saturated carbocycles. The van der Waals surface area contributed by atoms with Crippen LogP contribution in [0.3, 0.4) is 0 Å². The molecular formula is C21H22ClNO5S. The van der Waals surface area contributed by atoms with Crippen LogP contribution in [0.15, 0.2) is 30.3 Å². The van der Waals surface area contributed by atoms with Crippen molar-refractivity contribution in [2.45, 2.75) is 31.1 Å². The van der Waals surface area contributed by atoms with E-state index in [0.717, 1.165) is 29.9 Å². The number of thiophene rings is 1. The largest absolute Gasteiger partial charge is 0.454 e. The van der Waals surface area contributed by atoms with Crippen LogP contribution >= 0.6 is 22.9 Å². The molecule has 1 aromatic heterocycles. The highest BCUT2D eigenvalue weighted by Crippen LogP contribution is 2.40. The molecule has 0 radical (unpaired) electrons. The highest BCUT2D eigenvalue weighted by atomic mass is 35.5. The Morgan fingerprint density at radius 2 is 1.86 bits per heavy atom. The molecule has 3 heterocycles. The average Bonchev–Trinajstić information content (AvgIpc) is 3.39. The lowest BCUT2D eigenvalue weighted by Crippen LogP contribution is -2.44. The summed E-state index contributed by atoms with van der Waals surface area (Å²) in [6.07, 6.45) is 1.93. The van der Waals surface area contributed by atoms with Crippen molar-refractivity contribution in [3.8, 4) is 11.5 Å². The molecule has 154 valence electrons. The van der Waals surface area contributed by atoms with Gasteiger partial charge in [-0.05, 0) is 42.7 Å². The maximum Gasteiger partial charge on any atom is 0.231 e. The Bertz CT molecular complexity index is 906. The number of carbonyl (C=O) groups excluding carboxylic acids is 2. The molecule has 1 amide bonds. The smallest absolute Gasteiger partial charge is 0.231 e. The zero-order chi connectivity index (χ0) is 20.3. The Balaban J connectivity index is 1.38. The standard InChI is InChI=1S/C21H22ClNO5S/c22-19-5-4-18(29-19)15(24)2-6-20(25)23-12-21(7-9-26-10-8-21)14-1-3-16-17(11-14)28-13-27-16/h1,3-5,11H,2,6-10,12-13H2,(H,23,25). The lowest BCUT2D eigenvalue weighted by molar-refractivity contribution is -0.121. The van der Waals surface area contributed by atoms with Gasteiger partial charge in [-0.15, -0.1) is 11.3 Å². The molecule has 1 aromatic carbocycles. The Hall–Kier alpha value is -2.09. The first-order chi connectivity index (χ1) is 14.1. The Morgan fingerprint density at radius 3 is 2.62 bits per heavy atom. The summed E-state index contributed by atoms with van der Waals surface area (Å²) >= 11 is 7.11. The molecule has 1 saturated heterocycles. The van der Waals surface area contributed by atoms with E-state index in [1.165, 1.54) is 11.3 Å². The van der Waals surface area contributed by atoms with Crippen LogP contribution in [0.2, 0.25) is 4.34 Å². The second-order valence-corrected chi connectivity index (χ2v) is 8.98. The zero-order valence-corrected chi connectivity index (χ0v) is 17.4. The third-order valence-electron chi connectivity index (χ3n) is 5.49. The number of hydrogen-bond acceptors (Lipinski definition) is 6. The van der Waals surface area contributed by atoms with Gasteiger partial charge in [0, 0.05) is 38.0 Å². The van der Waals surface area contributed by atoms with E-state index in [0.29, 0.717) is 29.0 Å². The molecule has 8 heteroatoms. The SMILES string of the molecule is O=C(CCC(=O)c1ccc(Cl)s1)NCC1(c2ccc3c(c2)OCO3)CCOCC1. The van der Waals surface area contributed by atoms with Crippen LogP contribution in [0.1, 0.15) is 40.9 Å². The van der Waals surface area contributed by atoms with Gasteiger partial charge in [-0.2, -0.15) is 0 Å². The maximum absolute atomic E-state index is 12.4. The minimum atomic E-state index is -0.222. The summed E-state index contributed by atoms with van der Waals surface area (Å²) in [5.74, 6) is 1.29. The summed E-state index contributed by atoms with van der Waals surface area (Å²) in [6.45, 7) is 2.01. The van der Waals surface area contributed by atoms with Crippen LogP contribution in [0, 0.1) is 0 Å². The van der Waals surface area contributed by atoms with Gasteiger partial charge in [-0.1, -0.05) is 17.7 Å². The number of ether oxygens (including phenoxy) is 3. The molecule has 29 heavy (non-hydrogen) atoms. The molecule has 0 atom stereocenters. The summed E-state index contributed by atoms with van der Waals surface area (Å²) in [5, 5.41) is 3.03. The molecule has 0 aliphatic carbocycles. The van der Waals surface area contributed by atoms with Gasteiger partial charge < -0.3 is 19.5 Å². The van der Waals surface area contributed by atoms with E-state index in [4.69, 9.17) is 25.8 Å². The summed E-state index contributed by atoms with van der Waals surface area (Å²) in [5.41, 5.74) is 0.884. The predicted molar refractivity (Wildman–Crippen MR) is 110 cm³/mol. The zero-order valence-electron chi connectivity index (χ0n) is 15.9. The lowest BCUT2D eigenvalue weighted by atomic mass is 9.74. The summed E-state index contributed by atoms with van der Waals surface area (Å²) in [4.78, 5) is 25.2. The minimum Gasteiger partial charge on any atom is -0.454 e. The van der Waals surface area contributed by atoms with Crippen molar-refractivity contribution >= 4 is 34.6 Å². The van der Waals surface area contributed by atoms with Gasteiger partial charge >= 0.3 is 0 Å². The van der Waals surface area contributed by atoms with Crippen molar-refractivity contribution in [2.24, 2.45) is 0 Å². The molecule has 2 aliphatic rings. The van der Waals surface area contributed by atoms with Crippen molar-refractivity contribution in [1.29, 1.82) is 0 Å². The first-order valence-corrected chi connectivity index (χ1v) is 10.8. The topological polar surface area (TPSA) is 73.9 Å². The van der Waals surface area contributed by atoms with E-state index in [-0.39, 0.29) is 36.7 Å². The van der Waals surface area contributed by atoms with Crippen molar-refractivity contribution < 1.29 is 23.8 Å². The highest BCUT2D eigenvalue weighted by molar-refractivity contribution is 7.18. The van der Waals surface area contributed by atoms with Gasteiger partial charge in [0.15, 0.2) is 17.3 Å². The van der Waals surface area contributed by atoms with Crippen molar-refractivity contribution in [1.82, 2.24) is 5.32 Å². The van der Waals surface area contributed by atoms with Gasteiger partial charge in [0.05, 0.1) is 9.21 Å². The van der Waals surface area contributed by atoms with Crippen LogP contribution in [-0.2, 0) is 14.9 Å². The molecule has 1 N–H and O–H groups in total. The Kier molecular flexibility index (Phi) is 6.08. The molecule has 1 fully saturated rings. The fourth-order valence-electron chi connectivity index (χ4n) is 3.73. The minimum absolute atomic E-state index is 0.0615. The first-order valence-electron chi connectivity index (χ1n) is 9.59. The number of halogens is 1. The van der Waals surface area contributed by atoms with Crippen LogP contribution in [0.4, 0.5) is 0 Å². The van der Waals surface area contributed by atoms with Gasteiger partial charge in [-0.3, -0.25) is 9.59 Å². The number of ketones is 1. The van der Waals surface area contributed by atoms with E-state index in [2.05, 4.69) is 5.32 Å². The normalized spacial score (nSPS) is 17.1. The Morgan fingerprint density at radius 1 is 1.07 bits per heavy atom. The molecule has 2 aromatic rings. The van der Waals surface area contributed by atoms with E-state index in [1.54, 1.807) is 12.1 Å². The van der Waals surface area contributed by atoms with E-state index >= 15 is 0 Å². The van der Waals surface area contributed by atoms with Crippen molar-refractivity contribution in [3.05, 3.63) is 45.1 Å². The van der Waals surface area contributed by atoms with Gasteiger partial charge in [0.25, 0.3) is 0 Å². The van der Waals surface area contributed by atoms with E-state index in [9.17, 15) is 9.59 Å². The van der Waals surface area contributed by atoms with E-state index < -0.39 is 0 Å². The lowest BCUT2D eigenvalue weighted by Gasteiger charge is -2.38. The maximum atomic E-state index is 12.4. The third kappa shape index (κ3) is 4.57. The van der Waals surface area contributed by atoms with Crippen LogP contribution in [0.25, 0.3) is 0 Å². The molecule has 0 unspecified atom stereocenters.